The topological polar surface area (TPSA) is 64.4 Å². The summed E-state index contributed by atoms with van der Waals surface area (Å²) in [7, 11) is 0. The fourth-order valence-electron chi connectivity index (χ4n) is 3.36. The Morgan fingerprint density at radius 1 is 1.17 bits per heavy atom. The van der Waals surface area contributed by atoms with Crippen LogP contribution in [0.2, 0.25) is 0 Å². The molecule has 104 valence electrons. The molecule has 18 heavy (non-hydrogen) atoms. The zero-order valence-electron chi connectivity index (χ0n) is 11.6. The van der Waals surface area contributed by atoms with E-state index in [0.717, 1.165) is 12.8 Å². The number of amides is 1. The minimum Gasteiger partial charge on any atom is -0.381 e. The third kappa shape index (κ3) is 3.23. The molecule has 4 nitrogen and oxygen atoms in total. The highest BCUT2D eigenvalue weighted by Gasteiger charge is 2.37. The van der Waals surface area contributed by atoms with Crippen molar-refractivity contribution in [3.63, 3.8) is 0 Å². The Bertz CT molecular complexity index is 290. The lowest BCUT2D eigenvalue weighted by Crippen LogP contribution is -2.59. The summed E-state index contributed by atoms with van der Waals surface area (Å²) in [6, 6.07) is 0.305. The van der Waals surface area contributed by atoms with Gasteiger partial charge in [0.15, 0.2) is 0 Å². The highest BCUT2D eigenvalue weighted by molar-refractivity contribution is 5.86. The average molecular weight is 254 g/mol. The van der Waals surface area contributed by atoms with Crippen molar-refractivity contribution in [3.8, 4) is 0 Å². The molecule has 0 bridgehead atoms. The van der Waals surface area contributed by atoms with Gasteiger partial charge >= 0.3 is 0 Å². The van der Waals surface area contributed by atoms with Gasteiger partial charge in [0, 0.05) is 19.3 Å². The maximum absolute atomic E-state index is 12.3. The number of nitrogens with two attached hydrogens (primary N) is 1. The van der Waals surface area contributed by atoms with Gasteiger partial charge in [0.1, 0.15) is 0 Å². The van der Waals surface area contributed by atoms with E-state index in [9.17, 15) is 4.79 Å². The predicted molar refractivity (Wildman–Crippen MR) is 71.1 cm³/mol. The Balaban J connectivity index is 1.90. The first-order valence-corrected chi connectivity index (χ1v) is 7.17. The quantitative estimate of drug-likeness (QED) is 0.783. The van der Waals surface area contributed by atoms with E-state index in [0.29, 0.717) is 43.9 Å². The summed E-state index contributed by atoms with van der Waals surface area (Å²) in [5.41, 5.74) is 5.49. The van der Waals surface area contributed by atoms with Crippen molar-refractivity contribution in [1.82, 2.24) is 5.32 Å². The monoisotopic (exact) mass is 254 g/mol. The Kier molecular flexibility index (Phi) is 4.28. The molecule has 1 saturated heterocycles. The minimum atomic E-state index is -0.706. The molecule has 2 fully saturated rings. The van der Waals surface area contributed by atoms with Crippen molar-refractivity contribution in [2.75, 3.05) is 13.2 Å². The van der Waals surface area contributed by atoms with Gasteiger partial charge < -0.3 is 15.8 Å². The lowest BCUT2D eigenvalue weighted by atomic mass is 9.80. The van der Waals surface area contributed by atoms with Crippen LogP contribution >= 0.6 is 0 Å². The number of hydrogen-bond donors (Lipinski definition) is 2. The van der Waals surface area contributed by atoms with Crippen LogP contribution in [0.15, 0.2) is 0 Å². The molecule has 4 heteroatoms. The number of carbonyl (C=O) groups is 1. The molecule has 0 aromatic rings. The second kappa shape index (κ2) is 5.57. The van der Waals surface area contributed by atoms with Crippen molar-refractivity contribution in [3.05, 3.63) is 0 Å². The van der Waals surface area contributed by atoms with E-state index in [2.05, 4.69) is 19.2 Å². The Morgan fingerprint density at radius 2 is 1.72 bits per heavy atom. The van der Waals surface area contributed by atoms with Gasteiger partial charge in [-0.1, -0.05) is 13.8 Å². The number of hydrogen-bond acceptors (Lipinski definition) is 3. The van der Waals surface area contributed by atoms with Crippen molar-refractivity contribution in [2.24, 2.45) is 17.6 Å². The van der Waals surface area contributed by atoms with Gasteiger partial charge in [-0.05, 0) is 43.9 Å². The summed E-state index contributed by atoms with van der Waals surface area (Å²) < 4.78 is 5.28. The molecular weight excluding hydrogens is 228 g/mol. The summed E-state index contributed by atoms with van der Waals surface area (Å²) in [5.74, 6) is 1.42. The summed E-state index contributed by atoms with van der Waals surface area (Å²) in [6.45, 7) is 5.73. The van der Waals surface area contributed by atoms with Crippen LogP contribution in [0.5, 0.6) is 0 Å². The van der Waals surface area contributed by atoms with Gasteiger partial charge in [0.2, 0.25) is 5.91 Å². The maximum Gasteiger partial charge on any atom is 0.240 e. The molecule has 0 aromatic heterocycles. The second-order valence-corrected chi connectivity index (χ2v) is 6.36. The standard InChI is InChI=1S/C14H26N2O2/c1-10-7-11(2)9-12(8-10)16-13(17)14(15)3-5-18-6-4-14/h10-12H,3-9,15H2,1-2H3,(H,16,17). The summed E-state index contributed by atoms with van der Waals surface area (Å²) in [5, 5.41) is 3.17. The van der Waals surface area contributed by atoms with E-state index in [1.807, 2.05) is 0 Å². The SMILES string of the molecule is CC1CC(C)CC(NC(=O)C2(N)CCOCC2)C1. The van der Waals surface area contributed by atoms with Crippen LogP contribution in [0.3, 0.4) is 0 Å². The fraction of sp³-hybridized carbons (Fsp3) is 0.929. The predicted octanol–water partition coefficient (Wildman–Crippen LogP) is 1.44. The van der Waals surface area contributed by atoms with E-state index in [1.54, 1.807) is 0 Å². The first kappa shape index (κ1) is 13.8. The molecule has 1 aliphatic heterocycles. The highest BCUT2D eigenvalue weighted by atomic mass is 16.5. The van der Waals surface area contributed by atoms with Gasteiger partial charge in [0.05, 0.1) is 5.54 Å². The molecule has 1 saturated carbocycles. The van der Waals surface area contributed by atoms with Crippen LogP contribution < -0.4 is 11.1 Å². The van der Waals surface area contributed by atoms with E-state index < -0.39 is 5.54 Å². The largest absolute Gasteiger partial charge is 0.381 e. The van der Waals surface area contributed by atoms with E-state index in [1.165, 1.54) is 6.42 Å². The average Bonchev–Trinajstić information content (AvgIpc) is 2.28. The van der Waals surface area contributed by atoms with Crippen molar-refractivity contribution < 1.29 is 9.53 Å². The molecule has 0 radical (unpaired) electrons. The van der Waals surface area contributed by atoms with E-state index >= 15 is 0 Å². The molecule has 2 unspecified atom stereocenters. The van der Waals surface area contributed by atoms with Crippen LogP contribution in [-0.4, -0.2) is 30.7 Å². The Labute approximate surface area is 110 Å². The molecule has 0 aromatic carbocycles. The van der Waals surface area contributed by atoms with E-state index in [4.69, 9.17) is 10.5 Å². The summed E-state index contributed by atoms with van der Waals surface area (Å²) in [6.07, 6.45) is 4.71. The van der Waals surface area contributed by atoms with Gasteiger partial charge in [-0.25, -0.2) is 0 Å². The lowest BCUT2D eigenvalue weighted by Gasteiger charge is -2.37. The molecule has 3 N–H and O–H groups in total. The number of rotatable bonds is 2. The van der Waals surface area contributed by atoms with Crippen LogP contribution in [0, 0.1) is 11.8 Å². The molecule has 2 rings (SSSR count). The number of ether oxygens (including phenoxy) is 1. The van der Waals surface area contributed by atoms with Crippen molar-refractivity contribution in [2.45, 2.75) is 57.5 Å². The van der Waals surface area contributed by atoms with Crippen molar-refractivity contribution in [1.29, 1.82) is 0 Å². The molecule has 2 aliphatic rings. The van der Waals surface area contributed by atoms with Gasteiger partial charge in [0.25, 0.3) is 0 Å². The molecule has 1 amide bonds. The van der Waals surface area contributed by atoms with E-state index in [-0.39, 0.29) is 5.91 Å². The third-order valence-electron chi connectivity index (χ3n) is 4.35. The van der Waals surface area contributed by atoms with Gasteiger partial charge in [-0.15, -0.1) is 0 Å². The van der Waals surface area contributed by atoms with Crippen LogP contribution in [0.4, 0.5) is 0 Å². The van der Waals surface area contributed by atoms with Gasteiger partial charge in [-0.3, -0.25) is 4.79 Å². The van der Waals surface area contributed by atoms with Gasteiger partial charge in [-0.2, -0.15) is 0 Å². The van der Waals surface area contributed by atoms with Crippen LogP contribution in [-0.2, 0) is 9.53 Å². The zero-order chi connectivity index (χ0) is 13.2. The Morgan fingerprint density at radius 3 is 2.28 bits per heavy atom. The number of nitrogens with one attached hydrogen (secondary N) is 1. The maximum atomic E-state index is 12.3. The normalized spacial score (nSPS) is 36.1. The first-order valence-electron chi connectivity index (χ1n) is 7.17. The van der Waals surface area contributed by atoms with Crippen LogP contribution in [0.1, 0.15) is 46.0 Å². The molecule has 2 atom stereocenters. The summed E-state index contributed by atoms with van der Waals surface area (Å²) in [4.78, 5) is 12.3. The van der Waals surface area contributed by atoms with Crippen molar-refractivity contribution >= 4 is 5.91 Å². The number of carbonyl (C=O) groups excluding carboxylic acids is 1. The Hall–Kier alpha value is -0.610. The lowest BCUT2D eigenvalue weighted by molar-refractivity contribution is -0.130. The minimum absolute atomic E-state index is 0.0251. The highest BCUT2D eigenvalue weighted by Crippen LogP contribution is 2.29. The fourth-order valence-corrected chi connectivity index (χ4v) is 3.36. The van der Waals surface area contributed by atoms with Crippen LogP contribution in [0.25, 0.3) is 0 Å². The molecule has 1 aliphatic carbocycles. The zero-order valence-corrected chi connectivity index (χ0v) is 11.6. The second-order valence-electron chi connectivity index (χ2n) is 6.36. The smallest absolute Gasteiger partial charge is 0.240 e. The molecule has 1 heterocycles. The third-order valence-corrected chi connectivity index (χ3v) is 4.35. The molecule has 0 spiro atoms. The first-order chi connectivity index (χ1) is 8.49. The summed E-state index contributed by atoms with van der Waals surface area (Å²) >= 11 is 0. The molecular formula is C14H26N2O2.